The topological polar surface area (TPSA) is 110 Å². The van der Waals surface area contributed by atoms with Gasteiger partial charge in [-0.05, 0) is 31.2 Å². The van der Waals surface area contributed by atoms with Crippen molar-refractivity contribution in [1.29, 1.82) is 0 Å². The Morgan fingerprint density at radius 3 is 2.52 bits per heavy atom. The molecule has 150 valence electrons. The van der Waals surface area contributed by atoms with Gasteiger partial charge in [-0.1, -0.05) is 41.4 Å². The molecule has 8 nitrogen and oxygen atoms in total. The molecule has 0 spiro atoms. The molecule has 0 fully saturated rings. The number of carbonyl (C=O) groups is 2. The van der Waals surface area contributed by atoms with E-state index in [1.807, 2.05) is 0 Å². The number of nitrogens with zero attached hydrogens (tertiary/aromatic N) is 1. The molecule has 0 radical (unpaired) electrons. The van der Waals surface area contributed by atoms with Gasteiger partial charge in [0.2, 0.25) is 0 Å². The molecule has 1 atom stereocenters. The summed E-state index contributed by atoms with van der Waals surface area (Å²) in [6.07, 6.45) is -1.18. The van der Waals surface area contributed by atoms with Gasteiger partial charge in [0.05, 0.1) is 26.5 Å². The number of aromatic nitrogens is 2. The molecule has 0 aliphatic heterocycles. The molecule has 1 heterocycles. The van der Waals surface area contributed by atoms with Crippen LogP contribution in [0.3, 0.4) is 0 Å². The van der Waals surface area contributed by atoms with E-state index in [4.69, 9.17) is 27.9 Å². The summed E-state index contributed by atoms with van der Waals surface area (Å²) in [6, 6.07) is 10.9. The van der Waals surface area contributed by atoms with E-state index < -0.39 is 35.6 Å². The van der Waals surface area contributed by atoms with Crippen molar-refractivity contribution < 1.29 is 14.3 Å². The highest BCUT2D eigenvalue weighted by atomic mass is 35.5. The Hall–Kier alpha value is -3.10. The fourth-order valence-electron chi connectivity index (χ4n) is 2.61. The summed E-state index contributed by atoms with van der Waals surface area (Å²) in [4.78, 5) is 48.9. The smallest absolute Gasteiger partial charge is 0.328 e. The zero-order valence-electron chi connectivity index (χ0n) is 15.1. The van der Waals surface area contributed by atoms with E-state index in [0.29, 0.717) is 0 Å². The maximum absolute atomic E-state index is 12.4. The number of hydrogen-bond donors (Lipinski definition) is 2. The van der Waals surface area contributed by atoms with Crippen molar-refractivity contribution in [2.75, 3.05) is 5.32 Å². The Morgan fingerprint density at radius 2 is 1.79 bits per heavy atom. The number of halogens is 2. The van der Waals surface area contributed by atoms with E-state index in [-0.39, 0.29) is 26.5 Å². The predicted octanol–water partition coefficient (Wildman–Crippen LogP) is 2.57. The van der Waals surface area contributed by atoms with Gasteiger partial charge < -0.3 is 10.1 Å². The van der Waals surface area contributed by atoms with E-state index in [2.05, 4.69) is 10.4 Å². The molecule has 3 rings (SSSR count). The van der Waals surface area contributed by atoms with Crippen LogP contribution in [0.25, 0.3) is 10.8 Å². The minimum atomic E-state index is -1.18. The molecule has 0 bridgehead atoms. The van der Waals surface area contributed by atoms with Gasteiger partial charge in [-0.25, -0.2) is 4.68 Å². The van der Waals surface area contributed by atoms with Gasteiger partial charge in [0.1, 0.15) is 6.54 Å². The fraction of sp³-hybridized carbons (Fsp3) is 0.158. The van der Waals surface area contributed by atoms with Gasteiger partial charge in [-0.2, -0.15) is 0 Å². The zero-order valence-corrected chi connectivity index (χ0v) is 16.6. The number of fused-ring (bicyclic) bond motifs is 1. The Balaban J connectivity index is 1.70. The van der Waals surface area contributed by atoms with E-state index in [0.717, 1.165) is 4.68 Å². The second-order valence-corrected chi connectivity index (χ2v) is 6.89. The maximum atomic E-state index is 12.4. The number of rotatable bonds is 5. The van der Waals surface area contributed by atoms with Gasteiger partial charge in [0.25, 0.3) is 17.0 Å². The highest BCUT2D eigenvalue weighted by Gasteiger charge is 2.20. The van der Waals surface area contributed by atoms with Crippen LogP contribution >= 0.6 is 23.2 Å². The first kappa shape index (κ1) is 20.6. The van der Waals surface area contributed by atoms with Crippen molar-refractivity contribution in [1.82, 2.24) is 9.78 Å². The highest BCUT2D eigenvalue weighted by Crippen LogP contribution is 2.29. The molecular weight excluding hydrogens is 421 g/mol. The van der Waals surface area contributed by atoms with Crippen LogP contribution in [0.5, 0.6) is 0 Å². The molecule has 10 heteroatoms. The van der Waals surface area contributed by atoms with Crippen LogP contribution in [-0.2, 0) is 20.9 Å². The summed E-state index contributed by atoms with van der Waals surface area (Å²) in [5, 5.41) is 5.63. The van der Waals surface area contributed by atoms with Crippen molar-refractivity contribution in [3.63, 3.8) is 0 Å². The molecule has 2 aromatic carbocycles. The predicted molar refractivity (Wildman–Crippen MR) is 109 cm³/mol. The third-order valence-corrected chi connectivity index (χ3v) is 4.88. The highest BCUT2D eigenvalue weighted by molar-refractivity contribution is 6.44. The van der Waals surface area contributed by atoms with Gasteiger partial charge >= 0.3 is 5.97 Å². The molecule has 1 aromatic heterocycles. The summed E-state index contributed by atoms with van der Waals surface area (Å²) >= 11 is 11.9. The first-order chi connectivity index (χ1) is 13.8. The summed E-state index contributed by atoms with van der Waals surface area (Å²) < 4.78 is 5.90. The summed E-state index contributed by atoms with van der Waals surface area (Å²) in [5.41, 5.74) is -0.809. The summed E-state index contributed by atoms with van der Waals surface area (Å²) in [5.74, 6) is -1.51. The molecule has 0 aliphatic rings. The first-order valence-corrected chi connectivity index (χ1v) is 9.19. The molecule has 2 N–H and O–H groups in total. The largest absolute Gasteiger partial charge is 0.451 e. The van der Waals surface area contributed by atoms with Crippen LogP contribution in [0.2, 0.25) is 10.0 Å². The third kappa shape index (κ3) is 4.49. The molecule has 0 unspecified atom stereocenters. The number of amides is 1. The van der Waals surface area contributed by atoms with Gasteiger partial charge in [0, 0.05) is 0 Å². The minimum absolute atomic E-state index is 0.154. The first-order valence-electron chi connectivity index (χ1n) is 8.44. The van der Waals surface area contributed by atoms with Crippen LogP contribution in [0.15, 0.2) is 52.1 Å². The van der Waals surface area contributed by atoms with Crippen molar-refractivity contribution >= 4 is 51.5 Å². The SMILES string of the molecule is C[C@H](OC(=O)Cn1[nH]c(=O)c2ccccc2c1=O)C(=O)Nc1cccc(Cl)c1Cl. The van der Waals surface area contributed by atoms with Crippen LogP contribution in [0.1, 0.15) is 6.92 Å². The average molecular weight is 436 g/mol. The number of benzene rings is 2. The second kappa shape index (κ2) is 8.50. The number of nitrogens with one attached hydrogen (secondary N) is 2. The number of esters is 1. The van der Waals surface area contributed by atoms with Gasteiger partial charge in [-0.15, -0.1) is 0 Å². The normalized spacial score (nSPS) is 11.8. The monoisotopic (exact) mass is 435 g/mol. The van der Waals surface area contributed by atoms with Crippen LogP contribution in [0, 0.1) is 0 Å². The molecular formula is C19H15Cl2N3O5. The van der Waals surface area contributed by atoms with Gasteiger partial charge in [-0.3, -0.25) is 24.3 Å². The second-order valence-electron chi connectivity index (χ2n) is 6.10. The van der Waals surface area contributed by atoms with Crippen molar-refractivity contribution in [2.45, 2.75) is 19.6 Å². The fourth-order valence-corrected chi connectivity index (χ4v) is 2.96. The van der Waals surface area contributed by atoms with E-state index >= 15 is 0 Å². The van der Waals surface area contributed by atoms with Crippen molar-refractivity contribution in [3.8, 4) is 0 Å². The standard InChI is InChI=1S/C19H15Cl2N3O5/c1-10(17(26)22-14-8-4-7-13(20)16(14)21)29-15(25)9-24-19(28)12-6-3-2-5-11(12)18(27)23-24/h2-8,10H,9H2,1H3,(H,22,26)(H,23,27)/t10-/m0/s1. The Labute approximate surface area is 174 Å². The number of hydrogen-bond acceptors (Lipinski definition) is 5. The van der Waals surface area contributed by atoms with Crippen LogP contribution in [-0.4, -0.2) is 27.8 Å². The van der Waals surface area contributed by atoms with Gasteiger partial charge in [0.15, 0.2) is 6.10 Å². The van der Waals surface area contributed by atoms with E-state index in [9.17, 15) is 19.2 Å². The van der Waals surface area contributed by atoms with E-state index in [1.165, 1.54) is 19.1 Å². The van der Waals surface area contributed by atoms with Crippen molar-refractivity contribution in [2.24, 2.45) is 0 Å². The lowest BCUT2D eigenvalue weighted by atomic mass is 10.2. The Morgan fingerprint density at radius 1 is 1.10 bits per heavy atom. The minimum Gasteiger partial charge on any atom is -0.451 e. The molecule has 0 saturated carbocycles. The van der Waals surface area contributed by atoms with Crippen LogP contribution in [0.4, 0.5) is 5.69 Å². The lowest BCUT2D eigenvalue weighted by Crippen LogP contribution is -2.36. The summed E-state index contributed by atoms with van der Waals surface area (Å²) in [7, 11) is 0. The van der Waals surface area contributed by atoms with Crippen molar-refractivity contribution in [3.05, 3.63) is 73.2 Å². The molecule has 0 saturated heterocycles. The maximum Gasteiger partial charge on any atom is 0.328 e. The van der Waals surface area contributed by atoms with E-state index in [1.54, 1.807) is 30.3 Å². The third-order valence-electron chi connectivity index (χ3n) is 4.06. The number of carbonyl (C=O) groups excluding carboxylic acids is 2. The molecule has 29 heavy (non-hydrogen) atoms. The average Bonchev–Trinajstić information content (AvgIpc) is 2.69. The lowest BCUT2D eigenvalue weighted by molar-refractivity contribution is -0.154. The molecule has 3 aromatic rings. The molecule has 1 amide bonds. The number of aromatic amines is 1. The van der Waals surface area contributed by atoms with Crippen LogP contribution < -0.4 is 16.4 Å². The lowest BCUT2D eigenvalue weighted by Gasteiger charge is -2.15. The quantitative estimate of drug-likeness (QED) is 0.598. The summed E-state index contributed by atoms with van der Waals surface area (Å²) in [6.45, 7) is 0.798. The zero-order chi connectivity index (χ0) is 21.1. The number of anilines is 1. The molecule has 0 aliphatic carbocycles. The number of H-pyrrole nitrogens is 1. The Kier molecular flexibility index (Phi) is 6.05. The number of ether oxygens (including phenoxy) is 1. The Bertz CT molecular complexity index is 1220.